The normalized spacial score (nSPS) is 9.82. The summed E-state index contributed by atoms with van der Waals surface area (Å²) in [6.45, 7) is 0.195. The van der Waals surface area contributed by atoms with Gasteiger partial charge in [0.05, 0.1) is 28.3 Å². The molecule has 0 aliphatic heterocycles. The predicted octanol–water partition coefficient (Wildman–Crippen LogP) is 1.35. The standard InChI is InChI=1S/C11H10N4OS/c12-3-4-13-11(16)6-14-8-1-2-9-10(5-8)17-7-15-9/h1-2,5,7,14H,4,6H2,(H,13,16). The number of carbonyl (C=O) groups is 1. The number of aromatic nitrogens is 1. The Labute approximate surface area is 102 Å². The maximum atomic E-state index is 11.3. The van der Waals surface area contributed by atoms with E-state index in [0.29, 0.717) is 0 Å². The van der Waals surface area contributed by atoms with Crippen molar-refractivity contribution in [3.05, 3.63) is 23.7 Å². The molecule has 2 rings (SSSR count). The van der Waals surface area contributed by atoms with Crippen molar-refractivity contribution >= 4 is 33.1 Å². The first kappa shape index (κ1) is 11.4. The lowest BCUT2D eigenvalue weighted by atomic mass is 10.3. The summed E-state index contributed by atoms with van der Waals surface area (Å²) in [6, 6.07) is 7.58. The molecule has 2 aromatic rings. The van der Waals surface area contributed by atoms with Crippen LogP contribution in [0.25, 0.3) is 10.2 Å². The van der Waals surface area contributed by atoms with Crippen LogP contribution in [0.4, 0.5) is 5.69 Å². The van der Waals surface area contributed by atoms with Crippen molar-refractivity contribution in [3.8, 4) is 6.07 Å². The maximum absolute atomic E-state index is 11.3. The van der Waals surface area contributed by atoms with E-state index in [4.69, 9.17) is 5.26 Å². The number of anilines is 1. The van der Waals surface area contributed by atoms with E-state index in [1.165, 1.54) is 0 Å². The third kappa shape index (κ3) is 2.92. The van der Waals surface area contributed by atoms with Gasteiger partial charge in [-0.05, 0) is 18.2 Å². The van der Waals surface area contributed by atoms with Crippen LogP contribution in [0.1, 0.15) is 0 Å². The van der Waals surface area contributed by atoms with E-state index in [0.717, 1.165) is 15.9 Å². The molecular formula is C11H10N4OS. The highest BCUT2D eigenvalue weighted by Gasteiger charge is 2.01. The molecule has 0 bridgehead atoms. The topological polar surface area (TPSA) is 77.8 Å². The SMILES string of the molecule is N#CCNC(=O)CNc1ccc2ncsc2c1. The van der Waals surface area contributed by atoms with Gasteiger partial charge in [-0.25, -0.2) is 4.98 Å². The fraction of sp³-hybridized carbons (Fsp3) is 0.182. The van der Waals surface area contributed by atoms with Crippen LogP contribution in [0.15, 0.2) is 23.7 Å². The van der Waals surface area contributed by atoms with Crippen molar-refractivity contribution in [1.82, 2.24) is 10.3 Å². The molecule has 0 aliphatic rings. The molecule has 1 aromatic heterocycles. The summed E-state index contributed by atoms with van der Waals surface area (Å²) in [5, 5.41) is 13.8. The van der Waals surface area contributed by atoms with Crippen LogP contribution in [-0.4, -0.2) is 24.0 Å². The number of amides is 1. The van der Waals surface area contributed by atoms with Crippen LogP contribution >= 0.6 is 11.3 Å². The zero-order valence-corrected chi connectivity index (χ0v) is 9.75. The fourth-order valence-electron chi connectivity index (χ4n) is 1.35. The van der Waals surface area contributed by atoms with Gasteiger partial charge in [-0.15, -0.1) is 11.3 Å². The Morgan fingerprint density at radius 2 is 2.41 bits per heavy atom. The van der Waals surface area contributed by atoms with Crippen molar-refractivity contribution in [3.63, 3.8) is 0 Å². The summed E-state index contributed by atoms with van der Waals surface area (Å²) >= 11 is 1.55. The van der Waals surface area contributed by atoms with Crippen LogP contribution in [-0.2, 0) is 4.79 Å². The highest BCUT2D eigenvalue weighted by molar-refractivity contribution is 7.16. The molecule has 1 amide bonds. The lowest BCUT2D eigenvalue weighted by Crippen LogP contribution is -2.29. The zero-order valence-electron chi connectivity index (χ0n) is 8.93. The van der Waals surface area contributed by atoms with Gasteiger partial charge in [-0.1, -0.05) is 0 Å². The van der Waals surface area contributed by atoms with Crippen LogP contribution < -0.4 is 10.6 Å². The third-order valence-corrected chi connectivity index (χ3v) is 2.94. The molecule has 0 unspecified atom stereocenters. The fourth-order valence-corrected chi connectivity index (χ4v) is 2.06. The first-order valence-electron chi connectivity index (χ1n) is 5.00. The van der Waals surface area contributed by atoms with Gasteiger partial charge in [-0.3, -0.25) is 4.79 Å². The average molecular weight is 246 g/mol. The van der Waals surface area contributed by atoms with Crippen molar-refractivity contribution in [2.24, 2.45) is 0 Å². The van der Waals surface area contributed by atoms with E-state index in [-0.39, 0.29) is 19.0 Å². The van der Waals surface area contributed by atoms with E-state index < -0.39 is 0 Å². The van der Waals surface area contributed by atoms with Crippen LogP contribution in [0.3, 0.4) is 0 Å². The second kappa shape index (κ2) is 5.27. The monoisotopic (exact) mass is 246 g/mol. The van der Waals surface area contributed by atoms with Gasteiger partial charge in [0, 0.05) is 5.69 Å². The van der Waals surface area contributed by atoms with Gasteiger partial charge in [0.2, 0.25) is 5.91 Å². The molecule has 0 saturated heterocycles. The Hall–Kier alpha value is -2.13. The van der Waals surface area contributed by atoms with Crippen LogP contribution in [0.2, 0.25) is 0 Å². The van der Waals surface area contributed by atoms with Crippen molar-refractivity contribution in [2.45, 2.75) is 0 Å². The zero-order chi connectivity index (χ0) is 12.1. The number of hydrogen-bond acceptors (Lipinski definition) is 5. The number of benzene rings is 1. The van der Waals surface area contributed by atoms with Gasteiger partial charge >= 0.3 is 0 Å². The largest absolute Gasteiger partial charge is 0.376 e. The summed E-state index contributed by atoms with van der Waals surface area (Å²) < 4.78 is 1.08. The molecule has 0 saturated carbocycles. The second-order valence-electron chi connectivity index (χ2n) is 3.32. The van der Waals surface area contributed by atoms with E-state index >= 15 is 0 Å². The predicted molar refractivity (Wildman–Crippen MR) is 66.7 cm³/mol. The quantitative estimate of drug-likeness (QED) is 0.798. The number of thiazole rings is 1. The van der Waals surface area contributed by atoms with Gasteiger partial charge < -0.3 is 10.6 Å². The minimum absolute atomic E-state index is 0.0361. The number of nitriles is 1. The van der Waals surface area contributed by atoms with E-state index in [2.05, 4.69) is 15.6 Å². The van der Waals surface area contributed by atoms with Crippen molar-refractivity contribution < 1.29 is 4.79 Å². The molecule has 0 atom stereocenters. The molecule has 0 spiro atoms. The summed E-state index contributed by atoms with van der Waals surface area (Å²) in [7, 11) is 0. The van der Waals surface area contributed by atoms with Gasteiger partial charge in [0.15, 0.2) is 0 Å². The lowest BCUT2D eigenvalue weighted by molar-refractivity contribution is -0.119. The summed E-state index contributed by atoms with van der Waals surface area (Å²) in [4.78, 5) is 15.4. The highest BCUT2D eigenvalue weighted by Crippen LogP contribution is 2.21. The number of nitrogens with one attached hydrogen (secondary N) is 2. The highest BCUT2D eigenvalue weighted by atomic mass is 32.1. The van der Waals surface area contributed by atoms with E-state index in [9.17, 15) is 4.79 Å². The molecule has 1 heterocycles. The Bertz CT molecular complexity index is 572. The first-order valence-corrected chi connectivity index (χ1v) is 5.88. The minimum Gasteiger partial charge on any atom is -0.376 e. The van der Waals surface area contributed by atoms with Crippen LogP contribution in [0, 0.1) is 11.3 Å². The molecule has 0 aliphatic carbocycles. The molecule has 6 heteroatoms. The van der Waals surface area contributed by atoms with Gasteiger partial charge in [-0.2, -0.15) is 5.26 Å². The van der Waals surface area contributed by atoms with Crippen LogP contribution in [0.5, 0.6) is 0 Å². The smallest absolute Gasteiger partial charge is 0.240 e. The first-order chi connectivity index (χ1) is 8.29. The summed E-state index contributed by atoms with van der Waals surface area (Å²) in [5.41, 5.74) is 3.61. The average Bonchev–Trinajstić information content (AvgIpc) is 2.81. The summed E-state index contributed by atoms with van der Waals surface area (Å²) in [6.07, 6.45) is 0. The van der Waals surface area contributed by atoms with Crippen molar-refractivity contribution in [1.29, 1.82) is 5.26 Å². The van der Waals surface area contributed by atoms with Crippen molar-refractivity contribution in [2.75, 3.05) is 18.4 Å². The second-order valence-corrected chi connectivity index (χ2v) is 4.21. The molecule has 5 nitrogen and oxygen atoms in total. The van der Waals surface area contributed by atoms with E-state index in [1.807, 2.05) is 24.3 Å². The number of fused-ring (bicyclic) bond motifs is 1. The molecule has 86 valence electrons. The number of rotatable bonds is 4. The van der Waals surface area contributed by atoms with Gasteiger partial charge in [0.1, 0.15) is 6.54 Å². The molecule has 0 radical (unpaired) electrons. The Kier molecular flexibility index (Phi) is 3.52. The number of carbonyl (C=O) groups excluding carboxylic acids is 1. The lowest BCUT2D eigenvalue weighted by Gasteiger charge is -2.05. The maximum Gasteiger partial charge on any atom is 0.240 e. The molecular weight excluding hydrogens is 236 g/mol. The summed E-state index contributed by atoms with van der Waals surface area (Å²) in [5.74, 6) is -0.198. The molecule has 2 N–H and O–H groups in total. The molecule has 1 aromatic carbocycles. The Morgan fingerprint density at radius 3 is 3.24 bits per heavy atom. The third-order valence-electron chi connectivity index (χ3n) is 2.15. The Balaban J connectivity index is 1.94. The number of nitrogens with zero attached hydrogens (tertiary/aromatic N) is 2. The minimum atomic E-state index is -0.198. The van der Waals surface area contributed by atoms with Gasteiger partial charge in [0.25, 0.3) is 0 Å². The van der Waals surface area contributed by atoms with E-state index in [1.54, 1.807) is 16.8 Å². The number of hydrogen-bond donors (Lipinski definition) is 2. The Morgan fingerprint density at radius 1 is 1.53 bits per heavy atom. The molecule has 0 fully saturated rings. The molecule has 17 heavy (non-hydrogen) atoms.